The number of aromatic nitrogens is 1. The standard InChI is InChI=1S/C33H31ClN6O2S/c1-3-31(41)40-14-13-39(19-21(40)9-11-35)32-26-16-28(34)25(23-7-4-8-30-24(23)10-15-43-30)17-29(26)37-33(27(32)18-36)42-20-22-6-5-12-38(22)2/h3-4,7-8,10,15-17,21-22H,1,5-6,9,12-14,19-20H2,2H3/t21-,22-/m0/s1. The molecule has 4 aromatic rings. The molecule has 0 spiro atoms. The number of nitriles is 2. The van der Waals surface area contributed by atoms with E-state index in [4.69, 9.17) is 21.3 Å². The maximum absolute atomic E-state index is 12.6. The van der Waals surface area contributed by atoms with E-state index in [0.29, 0.717) is 48.0 Å². The maximum atomic E-state index is 12.6. The zero-order valence-corrected chi connectivity index (χ0v) is 25.5. The molecule has 2 aliphatic rings. The van der Waals surface area contributed by atoms with Gasteiger partial charge in [-0.25, -0.2) is 4.98 Å². The van der Waals surface area contributed by atoms with Gasteiger partial charge in [-0.2, -0.15) is 10.5 Å². The number of nitrogens with zero attached hydrogens (tertiary/aromatic N) is 6. The number of halogens is 1. The summed E-state index contributed by atoms with van der Waals surface area (Å²) in [6, 6.07) is 16.6. The van der Waals surface area contributed by atoms with Crippen molar-refractivity contribution in [3.05, 3.63) is 65.0 Å². The van der Waals surface area contributed by atoms with E-state index in [1.165, 1.54) is 10.8 Å². The van der Waals surface area contributed by atoms with E-state index in [2.05, 4.69) is 59.1 Å². The predicted octanol–water partition coefficient (Wildman–Crippen LogP) is 6.23. The van der Waals surface area contributed by atoms with E-state index in [-0.39, 0.29) is 30.3 Å². The molecule has 8 nitrogen and oxygen atoms in total. The third-order valence-corrected chi connectivity index (χ3v) is 9.77. The number of carbonyl (C=O) groups excluding carboxylic acids is 1. The van der Waals surface area contributed by atoms with Crippen molar-refractivity contribution in [1.82, 2.24) is 14.8 Å². The molecule has 2 saturated heterocycles. The van der Waals surface area contributed by atoms with Gasteiger partial charge in [0.2, 0.25) is 11.8 Å². The number of likely N-dealkylation sites (tertiary alicyclic amines) is 1. The number of pyridine rings is 1. The molecule has 0 bridgehead atoms. The Hall–Kier alpha value is -4.15. The first-order valence-electron chi connectivity index (χ1n) is 14.4. The van der Waals surface area contributed by atoms with Gasteiger partial charge in [0.1, 0.15) is 18.2 Å². The van der Waals surface area contributed by atoms with Gasteiger partial charge < -0.3 is 19.4 Å². The summed E-state index contributed by atoms with van der Waals surface area (Å²) < 4.78 is 7.51. The summed E-state index contributed by atoms with van der Waals surface area (Å²) in [6.45, 7) is 6.30. The number of hydrogen-bond acceptors (Lipinski definition) is 8. The van der Waals surface area contributed by atoms with E-state index in [9.17, 15) is 15.3 Å². The minimum Gasteiger partial charge on any atom is -0.475 e. The van der Waals surface area contributed by atoms with Crippen LogP contribution in [-0.4, -0.2) is 72.6 Å². The van der Waals surface area contributed by atoms with Crippen molar-refractivity contribution in [2.24, 2.45) is 0 Å². The molecule has 2 aliphatic heterocycles. The molecule has 218 valence electrons. The average molecular weight is 611 g/mol. The summed E-state index contributed by atoms with van der Waals surface area (Å²) in [6.07, 6.45) is 3.58. The summed E-state index contributed by atoms with van der Waals surface area (Å²) in [5.41, 5.74) is 3.52. The third kappa shape index (κ3) is 5.41. The molecule has 0 N–H and O–H groups in total. The van der Waals surface area contributed by atoms with Crippen LogP contribution in [0.5, 0.6) is 5.88 Å². The molecule has 2 aromatic carbocycles. The molecule has 0 aliphatic carbocycles. The normalized spacial score (nSPS) is 19.0. The first-order valence-corrected chi connectivity index (χ1v) is 15.6. The molecule has 4 heterocycles. The lowest BCUT2D eigenvalue weighted by molar-refractivity contribution is -0.128. The van der Waals surface area contributed by atoms with Crippen molar-refractivity contribution in [2.45, 2.75) is 31.3 Å². The Bertz CT molecular complexity index is 1810. The van der Waals surface area contributed by atoms with Crippen LogP contribution in [0.15, 0.2) is 54.4 Å². The monoisotopic (exact) mass is 610 g/mol. The smallest absolute Gasteiger partial charge is 0.246 e. The van der Waals surface area contributed by atoms with Crippen LogP contribution in [-0.2, 0) is 4.79 Å². The fourth-order valence-electron chi connectivity index (χ4n) is 6.33. The highest BCUT2D eigenvalue weighted by atomic mass is 35.5. The van der Waals surface area contributed by atoms with Crippen LogP contribution in [0.3, 0.4) is 0 Å². The molecule has 2 fully saturated rings. The average Bonchev–Trinajstić information content (AvgIpc) is 3.67. The van der Waals surface area contributed by atoms with E-state index in [1.54, 1.807) is 16.2 Å². The number of ether oxygens (including phenoxy) is 1. The van der Waals surface area contributed by atoms with Crippen molar-refractivity contribution >= 4 is 55.5 Å². The van der Waals surface area contributed by atoms with Crippen LogP contribution in [0.25, 0.3) is 32.1 Å². The van der Waals surface area contributed by atoms with Gasteiger partial charge in [-0.3, -0.25) is 4.79 Å². The molecule has 2 atom stereocenters. The summed E-state index contributed by atoms with van der Waals surface area (Å²) >= 11 is 8.69. The number of hydrogen-bond donors (Lipinski definition) is 0. The SMILES string of the molecule is C=CC(=O)N1CCN(c2c(C#N)c(OC[C@@H]3CCCN3C)nc3cc(-c4cccc5sccc45)c(Cl)cc23)C[C@@H]1CC#N. The second-order valence-corrected chi connectivity index (χ2v) is 12.4. The highest BCUT2D eigenvalue weighted by Gasteiger charge is 2.33. The van der Waals surface area contributed by atoms with Gasteiger partial charge in [0.05, 0.1) is 29.7 Å². The fourth-order valence-corrected chi connectivity index (χ4v) is 7.40. The number of piperazine rings is 1. The molecule has 0 unspecified atom stereocenters. The fraction of sp³-hybridized carbons (Fsp3) is 0.333. The molecular weight excluding hydrogens is 580 g/mol. The van der Waals surface area contributed by atoms with Gasteiger partial charge in [-0.05, 0) is 67.7 Å². The van der Waals surface area contributed by atoms with Gasteiger partial charge in [-0.1, -0.05) is 30.3 Å². The number of likely N-dealkylation sites (N-methyl/N-ethyl adjacent to an activating group) is 1. The highest BCUT2D eigenvalue weighted by molar-refractivity contribution is 7.17. The van der Waals surface area contributed by atoms with Crippen LogP contribution in [0.1, 0.15) is 24.8 Å². The summed E-state index contributed by atoms with van der Waals surface area (Å²) in [4.78, 5) is 23.5. The van der Waals surface area contributed by atoms with Crippen LogP contribution in [0.2, 0.25) is 5.02 Å². The Balaban J connectivity index is 1.50. The number of anilines is 1. The Morgan fingerprint density at radius 2 is 2.05 bits per heavy atom. The minimum absolute atomic E-state index is 0.161. The minimum atomic E-state index is -0.360. The lowest BCUT2D eigenvalue weighted by Crippen LogP contribution is -2.55. The molecule has 6 rings (SSSR count). The molecule has 43 heavy (non-hydrogen) atoms. The van der Waals surface area contributed by atoms with Crippen molar-refractivity contribution in [3.63, 3.8) is 0 Å². The largest absolute Gasteiger partial charge is 0.475 e. The van der Waals surface area contributed by atoms with Crippen LogP contribution in [0, 0.1) is 22.7 Å². The first-order chi connectivity index (χ1) is 20.9. The molecule has 1 amide bonds. The Morgan fingerprint density at radius 1 is 1.19 bits per heavy atom. The van der Waals surface area contributed by atoms with Crippen molar-refractivity contribution in [3.8, 4) is 29.1 Å². The summed E-state index contributed by atoms with van der Waals surface area (Å²) in [5.74, 6) is 0.0775. The molecule has 2 aromatic heterocycles. The van der Waals surface area contributed by atoms with Gasteiger partial charge >= 0.3 is 0 Å². The zero-order valence-electron chi connectivity index (χ0n) is 23.9. The van der Waals surface area contributed by atoms with E-state index in [1.807, 2.05) is 18.2 Å². The van der Waals surface area contributed by atoms with Crippen molar-refractivity contribution < 1.29 is 9.53 Å². The van der Waals surface area contributed by atoms with Crippen LogP contribution < -0.4 is 9.64 Å². The number of carbonyl (C=O) groups is 1. The first kappa shape index (κ1) is 28.9. The zero-order chi connectivity index (χ0) is 30.1. The Labute approximate surface area is 259 Å². The maximum Gasteiger partial charge on any atom is 0.246 e. The lowest BCUT2D eigenvalue weighted by Gasteiger charge is -2.42. The highest BCUT2D eigenvalue weighted by Crippen LogP contribution is 2.42. The van der Waals surface area contributed by atoms with Crippen molar-refractivity contribution in [2.75, 3.05) is 44.7 Å². The van der Waals surface area contributed by atoms with Gasteiger partial charge in [0, 0.05) is 51.7 Å². The molecular formula is C33H31ClN6O2S. The van der Waals surface area contributed by atoms with Gasteiger partial charge in [-0.15, -0.1) is 11.3 Å². The van der Waals surface area contributed by atoms with E-state index >= 15 is 0 Å². The predicted molar refractivity (Wildman–Crippen MR) is 172 cm³/mol. The van der Waals surface area contributed by atoms with E-state index < -0.39 is 0 Å². The second-order valence-electron chi connectivity index (χ2n) is 11.0. The molecule has 0 radical (unpaired) electrons. The number of fused-ring (bicyclic) bond motifs is 2. The number of amides is 1. The number of thiophene rings is 1. The number of benzene rings is 2. The van der Waals surface area contributed by atoms with Crippen LogP contribution in [0.4, 0.5) is 5.69 Å². The van der Waals surface area contributed by atoms with Crippen LogP contribution >= 0.6 is 22.9 Å². The van der Waals surface area contributed by atoms with E-state index in [0.717, 1.165) is 41.3 Å². The Morgan fingerprint density at radius 3 is 2.79 bits per heavy atom. The topological polar surface area (TPSA) is 96.5 Å². The summed E-state index contributed by atoms with van der Waals surface area (Å²) in [7, 11) is 2.09. The third-order valence-electron chi connectivity index (χ3n) is 8.58. The number of rotatable bonds is 7. The molecule has 10 heteroatoms. The molecule has 0 saturated carbocycles. The second kappa shape index (κ2) is 12.2. The van der Waals surface area contributed by atoms with Crippen molar-refractivity contribution in [1.29, 1.82) is 10.5 Å². The quantitative estimate of drug-likeness (QED) is 0.229. The lowest BCUT2D eigenvalue weighted by atomic mass is 9.98. The summed E-state index contributed by atoms with van der Waals surface area (Å²) in [5, 5.41) is 24.5. The Kier molecular flexibility index (Phi) is 8.23. The van der Waals surface area contributed by atoms with Gasteiger partial charge in [0.25, 0.3) is 0 Å². The van der Waals surface area contributed by atoms with Gasteiger partial charge in [0.15, 0.2) is 0 Å².